The highest BCUT2D eigenvalue weighted by molar-refractivity contribution is 6.34. The molecule has 1 aromatic carbocycles. The molecule has 24 heavy (non-hydrogen) atoms. The van der Waals surface area contributed by atoms with Gasteiger partial charge in [0.05, 0.1) is 5.56 Å². The van der Waals surface area contributed by atoms with Crippen LogP contribution in [0.1, 0.15) is 29.3 Å². The summed E-state index contributed by atoms with van der Waals surface area (Å²) in [5, 5.41) is 10.2. The van der Waals surface area contributed by atoms with Crippen LogP contribution in [0.2, 0.25) is 10.0 Å². The highest BCUT2D eigenvalue weighted by Gasteiger charge is 2.50. The van der Waals surface area contributed by atoms with Gasteiger partial charge in [0.15, 0.2) is 0 Å². The second-order valence-electron chi connectivity index (χ2n) is 5.56. The third kappa shape index (κ3) is 2.89. The molecule has 1 heterocycles. The molecular weight excluding hydrogens is 376 g/mol. The fourth-order valence-electron chi connectivity index (χ4n) is 2.89. The number of nitrogens with zero attached hydrogens (tertiary/aromatic N) is 1. The van der Waals surface area contributed by atoms with Crippen molar-refractivity contribution in [1.82, 2.24) is 4.57 Å². The number of hydrogen-bond acceptors (Lipinski definition) is 1. The molecule has 0 saturated carbocycles. The minimum atomic E-state index is -4.88. The third-order valence-electron chi connectivity index (χ3n) is 3.95. The number of halogens is 7. The number of aromatic nitrogens is 1. The summed E-state index contributed by atoms with van der Waals surface area (Å²) in [5.41, 5.74) is -1.91. The van der Waals surface area contributed by atoms with Gasteiger partial charge in [0.25, 0.3) is 5.92 Å². The molecule has 1 aliphatic rings. The highest BCUT2D eigenvalue weighted by Crippen LogP contribution is 2.48. The summed E-state index contributed by atoms with van der Waals surface area (Å²) in [4.78, 5) is 0. The maximum absolute atomic E-state index is 13.7. The lowest BCUT2D eigenvalue weighted by molar-refractivity contribution is -0.147. The SMILES string of the molecule is OC1c2c(C(F)(F)F)cn(-c3cc(Cl)cc(Cl)c3)c2CCC1(F)F. The molecule has 1 aliphatic carbocycles. The minimum Gasteiger partial charge on any atom is -0.382 e. The number of alkyl halides is 5. The van der Waals surface area contributed by atoms with Crippen LogP contribution in [0.25, 0.3) is 5.69 Å². The van der Waals surface area contributed by atoms with Gasteiger partial charge in [-0.05, 0) is 24.6 Å². The van der Waals surface area contributed by atoms with Gasteiger partial charge in [-0.1, -0.05) is 23.2 Å². The van der Waals surface area contributed by atoms with E-state index >= 15 is 0 Å². The molecule has 1 aromatic heterocycles. The first-order valence-corrected chi connectivity index (χ1v) is 7.60. The predicted molar refractivity (Wildman–Crippen MR) is 79.0 cm³/mol. The van der Waals surface area contributed by atoms with Crippen molar-refractivity contribution in [3.63, 3.8) is 0 Å². The van der Waals surface area contributed by atoms with Gasteiger partial charge in [-0.2, -0.15) is 13.2 Å². The Hall–Kier alpha value is -1.31. The van der Waals surface area contributed by atoms with E-state index in [9.17, 15) is 27.1 Å². The summed E-state index contributed by atoms with van der Waals surface area (Å²) in [6, 6.07) is 4.14. The Balaban J connectivity index is 2.27. The van der Waals surface area contributed by atoms with Crippen LogP contribution in [-0.2, 0) is 12.6 Å². The van der Waals surface area contributed by atoms with E-state index < -0.39 is 35.8 Å². The van der Waals surface area contributed by atoms with Crippen LogP contribution in [0.4, 0.5) is 22.0 Å². The third-order valence-corrected chi connectivity index (χ3v) is 4.39. The van der Waals surface area contributed by atoms with E-state index in [1.54, 1.807) is 0 Å². The van der Waals surface area contributed by atoms with Crippen LogP contribution in [0.3, 0.4) is 0 Å². The number of hydrogen-bond donors (Lipinski definition) is 1. The van der Waals surface area contributed by atoms with Gasteiger partial charge in [-0.15, -0.1) is 0 Å². The molecule has 1 unspecified atom stereocenters. The zero-order valence-electron chi connectivity index (χ0n) is 11.8. The van der Waals surface area contributed by atoms with E-state index in [1.165, 1.54) is 18.2 Å². The van der Waals surface area contributed by atoms with Crippen LogP contribution in [0, 0.1) is 0 Å². The Morgan fingerprint density at radius 3 is 2.25 bits per heavy atom. The topological polar surface area (TPSA) is 25.2 Å². The first-order chi connectivity index (χ1) is 11.0. The van der Waals surface area contributed by atoms with Gasteiger partial charge in [-0.3, -0.25) is 0 Å². The lowest BCUT2D eigenvalue weighted by Gasteiger charge is -2.29. The summed E-state index contributed by atoms with van der Waals surface area (Å²) in [6.07, 6.45) is -7.78. The summed E-state index contributed by atoms with van der Waals surface area (Å²) in [5.74, 6) is -3.62. The molecule has 9 heteroatoms. The second kappa shape index (κ2) is 5.61. The molecule has 0 spiro atoms. The average molecular weight is 386 g/mol. The summed E-state index contributed by atoms with van der Waals surface area (Å²) in [6.45, 7) is 0. The van der Waals surface area contributed by atoms with E-state index in [1.807, 2.05) is 0 Å². The monoisotopic (exact) mass is 385 g/mol. The number of aliphatic hydroxyl groups is 1. The zero-order valence-corrected chi connectivity index (χ0v) is 13.4. The Bertz CT molecular complexity index is 780. The number of benzene rings is 1. The van der Waals surface area contributed by atoms with E-state index in [0.29, 0.717) is 6.20 Å². The van der Waals surface area contributed by atoms with Crippen LogP contribution >= 0.6 is 23.2 Å². The fraction of sp³-hybridized carbons (Fsp3) is 0.333. The molecule has 0 amide bonds. The second-order valence-corrected chi connectivity index (χ2v) is 6.43. The normalized spacial score (nSPS) is 20.1. The van der Waals surface area contributed by atoms with E-state index in [4.69, 9.17) is 23.2 Å². The molecule has 0 bridgehead atoms. The Kier molecular flexibility index (Phi) is 4.09. The first-order valence-electron chi connectivity index (χ1n) is 6.84. The van der Waals surface area contributed by atoms with Gasteiger partial charge >= 0.3 is 6.18 Å². The molecule has 0 radical (unpaired) electrons. The molecule has 1 atom stereocenters. The van der Waals surface area contributed by atoms with Gasteiger partial charge in [0.1, 0.15) is 6.10 Å². The Morgan fingerprint density at radius 1 is 1.12 bits per heavy atom. The smallest absolute Gasteiger partial charge is 0.382 e. The molecule has 3 rings (SSSR count). The lowest BCUT2D eigenvalue weighted by Crippen LogP contribution is -2.33. The van der Waals surface area contributed by atoms with Gasteiger partial charge < -0.3 is 9.67 Å². The van der Waals surface area contributed by atoms with E-state index in [0.717, 1.165) is 4.57 Å². The quantitative estimate of drug-likeness (QED) is 0.651. The van der Waals surface area contributed by atoms with Crippen molar-refractivity contribution < 1.29 is 27.1 Å². The molecule has 1 N–H and O–H groups in total. The first kappa shape index (κ1) is 17.5. The largest absolute Gasteiger partial charge is 0.418 e. The zero-order chi connectivity index (χ0) is 17.9. The molecular formula is C15H10Cl2F5NO. The number of aliphatic hydroxyl groups excluding tert-OH is 1. The standard InChI is InChI=1S/C15H10Cl2F5NO/c16-7-3-8(17)5-9(4-7)23-6-10(15(20,21)22)12-11(23)1-2-14(18,19)13(12)24/h3-6,13,24H,1-2H2. The van der Waals surface area contributed by atoms with Crippen molar-refractivity contribution in [1.29, 1.82) is 0 Å². The fourth-order valence-corrected chi connectivity index (χ4v) is 3.40. The summed E-state index contributed by atoms with van der Waals surface area (Å²) in [7, 11) is 0. The summed E-state index contributed by atoms with van der Waals surface area (Å²) >= 11 is 11.7. The molecule has 130 valence electrons. The van der Waals surface area contributed by atoms with Gasteiger partial charge in [0, 0.05) is 39.6 Å². The average Bonchev–Trinajstić information content (AvgIpc) is 2.82. The predicted octanol–water partition coefficient (Wildman–Crippen LogP) is 5.42. The van der Waals surface area contributed by atoms with Crippen molar-refractivity contribution in [2.24, 2.45) is 0 Å². The molecule has 0 fully saturated rings. The highest BCUT2D eigenvalue weighted by atomic mass is 35.5. The van der Waals surface area contributed by atoms with Crippen LogP contribution in [0.5, 0.6) is 0 Å². The maximum Gasteiger partial charge on any atom is 0.418 e. The Labute approximate surface area is 143 Å². The summed E-state index contributed by atoms with van der Waals surface area (Å²) < 4.78 is 68.3. The van der Waals surface area contributed by atoms with Crippen LogP contribution in [-0.4, -0.2) is 15.6 Å². The minimum absolute atomic E-state index is 0.0286. The molecule has 0 aliphatic heterocycles. The maximum atomic E-state index is 13.7. The number of fused-ring (bicyclic) bond motifs is 1. The van der Waals surface area contributed by atoms with E-state index in [-0.39, 0.29) is 27.8 Å². The van der Waals surface area contributed by atoms with E-state index in [2.05, 4.69) is 0 Å². The van der Waals surface area contributed by atoms with Crippen molar-refractivity contribution >= 4 is 23.2 Å². The van der Waals surface area contributed by atoms with Crippen molar-refractivity contribution in [2.45, 2.75) is 31.0 Å². The molecule has 2 aromatic rings. The number of rotatable bonds is 1. The van der Waals surface area contributed by atoms with Crippen molar-refractivity contribution in [2.75, 3.05) is 0 Å². The van der Waals surface area contributed by atoms with Gasteiger partial charge in [-0.25, -0.2) is 8.78 Å². The van der Waals surface area contributed by atoms with Crippen molar-refractivity contribution in [3.05, 3.63) is 51.3 Å². The van der Waals surface area contributed by atoms with Crippen LogP contribution < -0.4 is 0 Å². The lowest BCUT2D eigenvalue weighted by atomic mass is 9.89. The van der Waals surface area contributed by atoms with Crippen LogP contribution in [0.15, 0.2) is 24.4 Å². The van der Waals surface area contributed by atoms with Gasteiger partial charge in [0.2, 0.25) is 0 Å². The Morgan fingerprint density at radius 2 is 1.71 bits per heavy atom. The molecule has 0 saturated heterocycles. The van der Waals surface area contributed by atoms with Crippen molar-refractivity contribution in [3.8, 4) is 5.69 Å². The molecule has 2 nitrogen and oxygen atoms in total.